The van der Waals surface area contributed by atoms with Crippen LogP contribution in [0.5, 0.6) is 0 Å². The van der Waals surface area contributed by atoms with Gasteiger partial charge < -0.3 is 19.9 Å². The molecule has 0 spiro atoms. The van der Waals surface area contributed by atoms with E-state index in [1.54, 1.807) is 30.3 Å². The van der Waals surface area contributed by atoms with Crippen LogP contribution in [0, 0.1) is 9.81 Å². The Balaban J connectivity index is 1.53. The number of carbonyl (C=O) groups is 2. The number of H-pyrrole nitrogens is 1. The maximum absolute atomic E-state index is 13.4. The lowest BCUT2D eigenvalue weighted by Crippen LogP contribution is -2.61. The largest absolute Gasteiger partial charge is 0.346 e. The van der Waals surface area contributed by atoms with E-state index in [1.807, 2.05) is 0 Å². The summed E-state index contributed by atoms with van der Waals surface area (Å²) in [7, 11) is 0. The van der Waals surface area contributed by atoms with Crippen LogP contribution in [0.4, 0.5) is 5.95 Å². The van der Waals surface area contributed by atoms with Crippen molar-refractivity contribution >= 4 is 28.9 Å². The Morgan fingerprint density at radius 2 is 2.05 bits per heavy atom. The molecule has 1 aliphatic heterocycles. The molecule has 1 fully saturated rings. The highest BCUT2D eigenvalue weighted by molar-refractivity contribution is 5.88. The summed E-state index contributed by atoms with van der Waals surface area (Å²) in [6.07, 6.45) is -1.71. The molecule has 3 heterocycles. The number of rotatable bonds is 12. The molecule has 2 amide bonds. The smallest absolute Gasteiger partial charge is 0.280 e. The molecule has 18 heteroatoms. The molecule has 0 saturated carbocycles. The number of carbonyl (C=O) groups excluding carboxylic acids is 2. The number of hydrazine groups is 1. The van der Waals surface area contributed by atoms with Crippen LogP contribution in [0.3, 0.4) is 0 Å². The summed E-state index contributed by atoms with van der Waals surface area (Å²) < 4.78 is 6.79. The number of benzene rings is 1. The number of hydrogen-bond acceptors (Lipinski definition) is 14. The van der Waals surface area contributed by atoms with Crippen LogP contribution in [-0.2, 0) is 32.1 Å². The zero-order valence-electron chi connectivity index (χ0n) is 20.9. The second kappa shape index (κ2) is 12.9. The van der Waals surface area contributed by atoms with Gasteiger partial charge in [0.05, 0.1) is 12.4 Å². The number of aromatic nitrogens is 4. The number of nitrogen functional groups attached to an aromatic ring is 1. The first-order valence-electron chi connectivity index (χ1n) is 12.0. The lowest BCUT2D eigenvalue weighted by molar-refractivity contribution is -0.145. The van der Waals surface area contributed by atoms with E-state index in [1.165, 1.54) is 10.9 Å². The van der Waals surface area contributed by atoms with E-state index in [-0.39, 0.29) is 43.0 Å². The van der Waals surface area contributed by atoms with Gasteiger partial charge in [0, 0.05) is 12.8 Å². The molecule has 4 rings (SSSR count). The van der Waals surface area contributed by atoms with Crippen molar-refractivity contribution in [1.29, 1.82) is 0 Å². The van der Waals surface area contributed by atoms with Crippen LogP contribution < -0.4 is 33.4 Å². The Labute approximate surface area is 225 Å². The summed E-state index contributed by atoms with van der Waals surface area (Å²) in [6.45, 7) is -0.596. The molecule has 3 aromatic rings. The van der Waals surface area contributed by atoms with Crippen LogP contribution in [0.15, 0.2) is 51.8 Å². The number of imidazole rings is 1. The standard InChI is InChI=1S/C22H27N11O7/c23-31-22-29-18-17(20(36)30-22)25-10-33(18)9-15(34)27-13(6-11-4-2-1-3-5-11)19(35)28-16-14(40-24)7-12(8-26-37)39-21(16)32-38/h1-5,10,12-14,16,21H,6-9,23-24H2,(H,27,34)(H,28,35)(H2,29,30,31,36)/t12-,13-,14-,16+,21+/m0/s1. The number of aromatic amines is 1. The number of fused-ring (bicyclic) bond motifs is 1. The summed E-state index contributed by atoms with van der Waals surface area (Å²) in [5.41, 5.74) is 2.49. The van der Waals surface area contributed by atoms with Gasteiger partial charge in [-0.2, -0.15) is 9.89 Å². The van der Waals surface area contributed by atoms with Crippen molar-refractivity contribution in [3.8, 4) is 0 Å². The molecule has 0 unspecified atom stereocenters. The number of nitrogens with one attached hydrogen (secondary N) is 4. The molecule has 40 heavy (non-hydrogen) atoms. The maximum atomic E-state index is 13.4. The van der Waals surface area contributed by atoms with Crippen molar-refractivity contribution in [3.05, 3.63) is 62.4 Å². The minimum atomic E-state index is -1.42. The number of hydrogen-bond donors (Lipinski definition) is 6. The van der Waals surface area contributed by atoms with E-state index in [2.05, 4.69) is 41.4 Å². The third-order valence-corrected chi connectivity index (χ3v) is 6.26. The number of amides is 2. The van der Waals surface area contributed by atoms with Crippen molar-refractivity contribution in [3.63, 3.8) is 0 Å². The van der Waals surface area contributed by atoms with Crippen LogP contribution >= 0.6 is 0 Å². The molecule has 0 radical (unpaired) electrons. The molecule has 5 atom stereocenters. The van der Waals surface area contributed by atoms with Gasteiger partial charge in [-0.1, -0.05) is 35.5 Å². The molecular formula is C22H27N11O7. The average molecular weight is 558 g/mol. The number of nitrogens with zero attached hydrogens (tertiary/aromatic N) is 5. The van der Waals surface area contributed by atoms with Crippen molar-refractivity contribution < 1.29 is 19.2 Å². The molecule has 18 nitrogen and oxygen atoms in total. The van der Waals surface area contributed by atoms with Crippen LogP contribution in [0.25, 0.3) is 11.2 Å². The van der Waals surface area contributed by atoms with E-state index in [0.29, 0.717) is 0 Å². The van der Waals surface area contributed by atoms with E-state index in [0.717, 1.165) is 5.56 Å². The quantitative estimate of drug-likeness (QED) is 0.0846. The zero-order chi connectivity index (χ0) is 28.6. The van der Waals surface area contributed by atoms with Gasteiger partial charge in [0.15, 0.2) is 11.2 Å². The average Bonchev–Trinajstić information content (AvgIpc) is 3.36. The first-order valence-corrected chi connectivity index (χ1v) is 12.0. The van der Waals surface area contributed by atoms with Gasteiger partial charge in [0.1, 0.15) is 31.3 Å². The fraction of sp³-hybridized carbons (Fsp3) is 0.409. The van der Waals surface area contributed by atoms with Gasteiger partial charge in [-0.3, -0.25) is 29.6 Å². The first kappa shape index (κ1) is 28.4. The SMILES string of the molecule is NNc1nc2c(ncn2CC(=O)N[C@@H](Cc2ccccc2)C(=O)N[C@@H]2[C@@H](ON)C[C@@H](CN=O)O[C@H]2N=O)c(=O)[nH]1. The molecule has 1 aliphatic rings. The van der Waals surface area contributed by atoms with Gasteiger partial charge in [0.2, 0.25) is 24.0 Å². The number of ether oxygens (including phenoxy) is 1. The van der Waals surface area contributed by atoms with E-state index in [4.69, 9.17) is 21.3 Å². The van der Waals surface area contributed by atoms with E-state index in [9.17, 15) is 24.2 Å². The normalized spacial score (nSPS) is 21.4. The van der Waals surface area contributed by atoms with Crippen molar-refractivity contribution in [2.45, 2.75) is 49.9 Å². The zero-order valence-corrected chi connectivity index (χ0v) is 20.9. The van der Waals surface area contributed by atoms with Gasteiger partial charge in [-0.05, 0) is 10.7 Å². The summed E-state index contributed by atoms with van der Waals surface area (Å²) in [4.78, 5) is 76.3. The Hall–Kier alpha value is -4.65. The number of nitroso groups, excluding NO2 is 2. The van der Waals surface area contributed by atoms with Gasteiger partial charge in [0.25, 0.3) is 5.56 Å². The molecule has 1 saturated heterocycles. The predicted octanol–water partition coefficient (Wildman–Crippen LogP) is -1.48. The summed E-state index contributed by atoms with van der Waals surface area (Å²) >= 11 is 0. The molecule has 0 bridgehead atoms. The monoisotopic (exact) mass is 557 g/mol. The number of nitrogens with two attached hydrogens (primary N) is 2. The third kappa shape index (κ3) is 6.49. The predicted molar refractivity (Wildman–Crippen MR) is 139 cm³/mol. The molecule has 1 aromatic carbocycles. The van der Waals surface area contributed by atoms with Gasteiger partial charge in [-0.15, -0.1) is 4.91 Å². The Morgan fingerprint density at radius 1 is 1.27 bits per heavy atom. The Morgan fingerprint density at radius 3 is 2.73 bits per heavy atom. The minimum absolute atomic E-state index is 0.00834. The summed E-state index contributed by atoms with van der Waals surface area (Å²) in [5, 5.41) is 11.0. The lowest BCUT2D eigenvalue weighted by Gasteiger charge is -2.37. The Kier molecular flexibility index (Phi) is 9.17. The first-order chi connectivity index (χ1) is 19.4. The summed E-state index contributed by atoms with van der Waals surface area (Å²) in [6, 6.07) is 6.67. The topological polar surface area (TPSA) is 263 Å². The second-order valence-electron chi connectivity index (χ2n) is 8.92. The van der Waals surface area contributed by atoms with Crippen LogP contribution in [0.2, 0.25) is 0 Å². The minimum Gasteiger partial charge on any atom is -0.346 e. The number of anilines is 1. The summed E-state index contributed by atoms with van der Waals surface area (Å²) in [5.74, 6) is 9.42. The van der Waals surface area contributed by atoms with Gasteiger partial charge in [-0.25, -0.2) is 16.7 Å². The highest BCUT2D eigenvalue weighted by Crippen LogP contribution is 2.23. The Bertz CT molecular complexity index is 1410. The maximum Gasteiger partial charge on any atom is 0.280 e. The molecule has 212 valence electrons. The van der Waals surface area contributed by atoms with E-state index < -0.39 is 47.9 Å². The van der Waals surface area contributed by atoms with Crippen LogP contribution in [0.1, 0.15) is 12.0 Å². The fourth-order valence-corrected chi connectivity index (χ4v) is 4.38. The van der Waals surface area contributed by atoms with Crippen molar-refractivity contribution in [2.24, 2.45) is 22.1 Å². The third-order valence-electron chi connectivity index (χ3n) is 6.26. The highest BCUT2D eigenvalue weighted by atomic mass is 16.6. The molecular weight excluding hydrogens is 530 g/mol. The van der Waals surface area contributed by atoms with Crippen LogP contribution in [-0.4, -0.2) is 68.4 Å². The molecule has 8 N–H and O–H groups in total. The molecule has 0 aliphatic carbocycles. The van der Waals surface area contributed by atoms with Crippen molar-refractivity contribution in [1.82, 2.24) is 30.2 Å². The fourth-order valence-electron chi connectivity index (χ4n) is 4.38. The second-order valence-corrected chi connectivity index (χ2v) is 8.92. The van der Waals surface area contributed by atoms with E-state index >= 15 is 0 Å². The lowest BCUT2D eigenvalue weighted by atomic mass is 9.98. The van der Waals surface area contributed by atoms with Gasteiger partial charge >= 0.3 is 0 Å². The molecule has 2 aromatic heterocycles. The highest BCUT2D eigenvalue weighted by Gasteiger charge is 2.42. The van der Waals surface area contributed by atoms with Crippen molar-refractivity contribution in [2.75, 3.05) is 12.0 Å².